The van der Waals surface area contributed by atoms with Crippen molar-refractivity contribution < 1.29 is 9.13 Å². The molecule has 0 amide bonds. The summed E-state index contributed by atoms with van der Waals surface area (Å²) in [5, 5.41) is 0. The van der Waals surface area contributed by atoms with Gasteiger partial charge in [0.15, 0.2) is 0 Å². The lowest BCUT2D eigenvalue weighted by atomic mass is 10.3. The first-order chi connectivity index (χ1) is 7.79. The first kappa shape index (κ1) is 10.7. The van der Waals surface area contributed by atoms with Crippen LogP contribution >= 0.6 is 0 Å². The molecule has 1 heterocycles. The second kappa shape index (κ2) is 4.79. The van der Waals surface area contributed by atoms with Crippen LogP contribution in [0.2, 0.25) is 0 Å². The van der Waals surface area contributed by atoms with Gasteiger partial charge in [0.1, 0.15) is 18.2 Å². The number of hydrogen-bond donors (Lipinski definition) is 0. The monoisotopic (exact) mass is 220 g/mol. The molecule has 0 unspecified atom stereocenters. The van der Waals surface area contributed by atoms with Gasteiger partial charge in [-0.1, -0.05) is 6.07 Å². The molecule has 0 bridgehead atoms. The maximum Gasteiger partial charge on any atom is 0.130 e. The molecule has 0 radical (unpaired) electrons. The lowest BCUT2D eigenvalue weighted by Gasteiger charge is -2.07. The highest BCUT2D eigenvalue weighted by Crippen LogP contribution is 2.13. The summed E-state index contributed by atoms with van der Waals surface area (Å²) < 4.78 is 20.3. The number of aryl methyl sites for hydroxylation is 1. The summed E-state index contributed by atoms with van der Waals surface area (Å²) >= 11 is 0. The molecule has 1 aromatic carbocycles. The molecule has 0 aliphatic heterocycles. The number of hydrogen-bond acceptors (Lipinski definition) is 2. The molecule has 0 N–H and O–H groups in total. The smallest absolute Gasteiger partial charge is 0.130 e. The summed E-state index contributed by atoms with van der Waals surface area (Å²) in [6.45, 7) is 3.28. The lowest BCUT2D eigenvalue weighted by Crippen LogP contribution is -2.03. The second-order valence-electron chi connectivity index (χ2n) is 3.42. The molecule has 0 saturated carbocycles. The third-order valence-electron chi connectivity index (χ3n) is 2.32. The van der Waals surface area contributed by atoms with Crippen LogP contribution in [0.25, 0.3) is 0 Å². The standard InChI is InChI=1S/C12H13FN2O/c1-2-15-9-14-7-11(15)8-16-12-5-3-4-10(13)6-12/h3-7,9H,2,8H2,1H3. The van der Waals surface area contributed by atoms with Crippen LogP contribution in [0.4, 0.5) is 4.39 Å². The summed E-state index contributed by atoms with van der Waals surface area (Å²) in [6, 6.07) is 6.12. The summed E-state index contributed by atoms with van der Waals surface area (Å²) in [7, 11) is 0. The second-order valence-corrected chi connectivity index (χ2v) is 3.42. The Labute approximate surface area is 93.5 Å². The number of halogens is 1. The molecule has 0 atom stereocenters. The van der Waals surface area contributed by atoms with E-state index in [4.69, 9.17) is 4.74 Å². The Hall–Kier alpha value is -1.84. The van der Waals surface area contributed by atoms with E-state index in [0.29, 0.717) is 12.4 Å². The number of imidazole rings is 1. The molecule has 0 spiro atoms. The highest BCUT2D eigenvalue weighted by atomic mass is 19.1. The van der Waals surface area contributed by atoms with E-state index in [1.807, 2.05) is 11.5 Å². The van der Waals surface area contributed by atoms with Crippen molar-refractivity contribution in [2.24, 2.45) is 0 Å². The van der Waals surface area contributed by atoms with Gasteiger partial charge in [0.05, 0.1) is 18.2 Å². The summed E-state index contributed by atoms with van der Waals surface area (Å²) in [4.78, 5) is 4.03. The predicted octanol–water partition coefficient (Wildman–Crippen LogP) is 2.62. The lowest BCUT2D eigenvalue weighted by molar-refractivity contribution is 0.294. The van der Waals surface area contributed by atoms with Crippen molar-refractivity contribution in [1.29, 1.82) is 0 Å². The Bertz CT molecular complexity index is 468. The zero-order chi connectivity index (χ0) is 11.4. The molecule has 84 valence electrons. The highest BCUT2D eigenvalue weighted by Gasteiger charge is 2.02. The van der Waals surface area contributed by atoms with Crippen LogP contribution in [0.1, 0.15) is 12.6 Å². The van der Waals surface area contributed by atoms with Crippen molar-refractivity contribution in [2.75, 3.05) is 0 Å². The Morgan fingerprint density at radius 2 is 2.31 bits per heavy atom. The summed E-state index contributed by atoms with van der Waals surface area (Å²) in [6.07, 6.45) is 3.51. The van der Waals surface area contributed by atoms with Crippen molar-refractivity contribution in [3.05, 3.63) is 48.3 Å². The SMILES string of the molecule is CCn1cncc1COc1cccc(F)c1. The number of ether oxygens (including phenoxy) is 1. The molecule has 0 saturated heterocycles. The van der Waals surface area contributed by atoms with Crippen LogP contribution in [0.15, 0.2) is 36.8 Å². The average molecular weight is 220 g/mol. The number of aromatic nitrogens is 2. The van der Waals surface area contributed by atoms with Gasteiger partial charge < -0.3 is 9.30 Å². The van der Waals surface area contributed by atoms with E-state index in [1.165, 1.54) is 12.1 Å². The summed E-state index contributed by atoms with van der Waals surface area (Å²) in [5.74, 6) is 0.241. The Morgan fingerprint density at radius 3 is 3.06 bits per heavy atom. The van der Waals surface area contributed by atoms with E-state index in [-0.39, 0.29) is 5.82 Å². The minimum Gasteiger partial charge on any atom is -0.487 e. The zero-order valence-electron chi connectivity index (χ0n) is 9.06. The van der Waals surface area contributed by atoms with Crippen LogP contribution < -0.4 is 4.74 Å². The first-order valence-electron chi connectivity index (χ1n) is 5.17. The number of rotatable bonds is 4. The van der Waals surface area contributed by atoms with E-state index in [9.17, 15) is 4.39 Å². The van der Waals surface area contributed by atoms with Gasteiger partial charge in [-0.05, 0) is 19.1 Å². The van der Waals surface area contributed by atoms with Gasteiger partial charge >= 0.3 is 0 Å². The van der Waals surface area contributed by atoms with E-state index in [2.05, 4.69) is 4.98 Å². The molecule has 16 heavy (non-hydrogen) atoms. The van der Waals surface area contributed by atoms with E-state index in [1.54, 1.807) is 24.7 Å². The van der Waals surface area contributed by atoms with E-state index in [0.717, 1.165) is 12.2 Å². The molecule has 2 aromatic rings. The molecular formula is C12H13FN2O. The van der Waals surface area contributed by atoms with Crippen LogP contribution in [-0.4, -0.2) is 9.55 Å². The fourth-order valence-electron chi connectivity index (χ4n) is 1.47. The predicted molar refractivity (Wildman–Crippen MR) is 58.6 cm³/mol. The van der Waals surface area contributed by atoms with Gasteiger partial charge in [0, 0.05) is 12.6 Å². The number of benzene rings is 1. The van der Waals surface area contributed by atoms with E-state index >= 15 is 0 Å². The van der Waals surface area contributed by atoms with Crippen molar-refractivity contribution >= 4 is 0 Å². The van der Waals surface area contributed by atoms with Crippen molar-refractivity contribution in [3.8, 4) is 5.75 Å². The molecule has 3 nitrogen and oxygen atoms in total. The largest absolute Gasteiger partial charge is 0.487 e. The molecule has 2 rings (SSSR count). The van der Waals surface area contributed by atoms with Crippen molar-refractivity contribution in [3.63, 3.8) is 0 Å². The Morgan fingerprint density at radius 1 is 1.44 bits per heavy atom. The molecule has 1 aromatic heterocycles. The Balaban J connectivity index is 2.02. The average Bonchev–Trinajstić information content (AvgIpc) is 2.74. The topological polar surface area (TPSA) is 27.1 Å². The quantitative estimate of drug-likeness (QED) is 0.792. The van der Waals surface area contributed by atoms with Crippen LogP contribution in [0, 0.1) is 5.82 Å². The maximum absolute atomic E-state index is 12.9. The third-order valence-corrected chi connectivity index (χ3v) is 2.32. The van der Waals surface area contributed by atoms with Gasteiger partial charge in [-0.15, -0.1) is 0 Å². The first-order valence-corrected chi connectivity index (χ1v) is 5.17. The maximum atomic E-state index is 12.9. The summed E-state index contributed by atoms with van der Waals surface area (Å²) in [5.41, 5.74) is 0.978. The van der Waals surface area contributed by atoms with Gasteiger partial charge in [0.25, 0.3) is 0 Å². The fraction of sp³-hybridized carbons (Fsp3) is 0.250. The van der Waals surface area contributed by atoms with E-state index < -0.39 is 0 Å². The zero-order valence-corrected chi connectivity index (χ0v) is 9.06. The fourth-order valence-corrected chi connectivity index (χ4v) is 1.47. The van der Waals surface area contributed by atoms with Crippen molar-refractivity contribution in [1.82, 2.24) is 9.55 Å². The molecule has 0 aliphatic rings. The van der Waals surface area contributed by atoms with Gasteiger partial charge in [-0.2, -0.15) is 0 Å². The normalized spacial score (nSPS) is 10.4. The van der Waals surface area contributed by atoms with Crippen LogP contribution in [0.3, 0.4) is 0 Å². The van der Waals surface area contributed by atoms with Gasteiger partial charge in [-0.25, -0.2) is 9.37 Å². The minimum absolute atomic E-state index is 0.290. The van der Waals surface area contributed by atoms with Crippen LogP contribution in [-0.2, 0) is 13.2 Å². The molecule has 0 aliphatic carbocycles. The van der Waals surface area contributed by atoms with Crippen LogP contribution in [0.5, 0.6) is 5.75 Å². The highest BCUT2D eigenvalue weighted by molar-refractivity contribution is 5.22. The Kier molecular flexibility index (Phi) is 3.19. The minimum atomic E-state index is -0.290. The number of nitrogens with zero attached hydrogens (tertiary/aromatic N) is 2. The molecule has 0 fully saturated rings. The van der Waals surface area contributed by atoms with Crippen molar-refractivity contribution in [2.45, 2.75) is 20.1 Å². The third kappa shape index (κ3) is 2.39. The molecular weight excluding hydrogens is 207 g/mol. The van der Waals surface area contributed by atoms with Gasteiger partial charge in [0.2, 0.25) is 0 Å². The molecule has 4 heteroatoms. The van der Waals surface area contributed by atoms with Gasteiger partial charge in [-0.3, -0.25) is 0 Å².